The Kier molecular flexibility index (Phi) is 9.93. The Morgan fingerprint density at radius 3 is 2.44 bits per heavy atom. The zero-order valence-corrected chi connectivity index (χ0v) is 23.3. The van der Waals surface area contributed by atoms with Crippen LogP contribution in [0.4, 0.5) is 13.2 Å². The number of carbonyl (C=O) groups is 1. The van der Waals surface area contributed by atoms with Crippen molar-refractivity contribution in [2.45, 2.75) is 59.2 Å². The van der Waals surface area contributed by atoms with Crippen LogP contribution in [0.1, 0.15) is 52.3 Å². The number of hydrogen-bond donors (Lipinski definition) is 1. The van der Waals surface area contributed by atoms with Crippen molar-refractivity contribution in [2.75, 3.05) is 7.05 Å². The van der Waals surface area contributed by atoms with E-state index in [1.54, 1.807) is 6.92 Å². The summed E-state index contributed by atoms with van der Waals surface area (Å²) in [4.78, 5) is 30.4. The molecule has 39 heavy (non-hydrogen) atoms. The fourth-order valence-electron chi connectivity index (χ4n) is 3.53. The fraction of sp³-hybridized carbons (Fsp3) is 0.357. The van der Waals surface area contributed by atoms with Gasteiger partial charge in [0.05, 0.1) is 24.5 Å². The molecule has 0 radical (unpaired) electrons. The smallest absolute Gasteiger partial charge is 0.297 e. The highest BCUT2D eigenvalue weighted by Crippen LogP contribution is 2.37. The maximum Gasteiger partial charge on any atom is 0.297 e. The average Bonchev–Trinajstić information content (AvgIpc) is 2.86. The molecule has 1 atom stereocenters. The van der Waals surface area contributed by atoms with Gasteiger partial charge in [0, 0.05) is 30.1 Å². The van der Waals surface area contributed by atoms with Gasteiger partial charge in [-0.25, -0.2) is 18.2 Å². The van der Waals surface area contributed by atoms with Gasteiger partial charge in [0.25, 0.3) is 11.5 Å². The molecular formula is C28H30ClF3N4O3. The lowest BCUT2D eigenvalue weighted by molar-refractivity contribution is -0.117. The van der Waals surface area contributed by atoms with E-state index in [-0.39, 0.29) is 33.1 Å². The molecule has 1 aromatic heterocycles. The summed E-state index contributed by atoms with van der Waals surface area (Å²) in [6.07, 6.45) is 2.35. The fourth-order valence-corrected chi connectivity index (χ4v) is 3.76. The van der Waals surface area contributed by atoms with Crippen molar-refractivity contribution in [3.63, 3.8) is 0 Å². The first-order valence-electron chi connectivity index (χ1n) is 11.9. The number of likely N-dealkylation sites (N-methyl/N-ethyl adjacent to an activating group) is 1. The molecule has 0 saturated heterocycles. The number of nitrogens with zero attached hydrogens (tertiary/aromatic N) is 3. The van der Waals surface area contributed by atoms with Gasteiger partial charge in [0.15, 0.2) is 5.67 Å². The number of alkyl halides is 3. The molecule has 0 aliphatic rings. The third-order valence-electron chi connectivity index (χ3n) is 6.10. The summed E-state index contributed by atoms with van der Waals surface area (Å²) in [6.45, 7) is 9.65. The minimum absolute atomic E-state index is 0.0294. The number of rotatable bonds is 10. The summed E-state index contributed by atoms with van der Waals surface area (Å²) >= 11 is 6.05. The molecule has 0 aliphatic heterocycles. The summed E-state index contributed by atoms with van der Waals surface area (Å²) in [7, 11) is 1.32. The number of amides is 1. The molecule has 0 fully saturated rings. The van der Waals surface area contributed by atoms with Crippen molar-refractivity contribution in [1.29, 1.82) is 5.26 Å². The van der Waals surface area contributed by atoms with Crippen LogP contribution in [-0.2, 0) is 17.0 Å². The third kappa shape index (κ3) is 7.39. The van der Waals surface area contributed by atoms with E-state index < -0.39 is 41.0 Å². The summed E-state index contributed by atoms with van der Waals surface area (Å²) < 4.78 is 51.2. The molecule has 2 aromatic rings. The van der Waals surface area contributed by atoms with E-state index in [1.807, 2.05) is 6.07 Å². The first kappa shape index (κ1) is 31.4. The van der Waals surface area contributed by atoms with Crippen molar-refractivity contribution >= 4 is 17.5 Å². The van der Waals surface area contributed by atoms with Crippen molar-refractivity contribution in [2.24, 2.45) is 0 Å². The lowest BCUT2D eigenvalue weighted by Gasteiger charge is -2.23. The Hall–Kier alpha value is -3.84. The van der Waals surface area contributed by atoms with E-state index in [0.29, 0.717) is 18.9 Å². The van der Waals surface area contributed by atoms with E-state index >= 15 is 4.39 Å². The van der Waals surface area contributed by atoms with Crippen LogP contribution >= 0.6 is 11.6 Å². The number of aromatic nitrogens is 2. The number of carbonyl (C=O) groups excluding carboxylic acids is 1. The molecule has 208 valence electrons. The summed E-state index contributed by atoms with van der Waals surface area (Å²) in [5.41, 5.74) is -3.62. The van der Waals surface area contributed by atoms with Crippen molar-refractivity contribution in [3.8, 4) is 17.6 Å². The second-order valence-electron chi connectivity index (χ2n) is 9.21. The van der Waals surface area contributed by atoms with Crippen LogP contribution in [0.25, 0.3) is 0 Å². The number of halogens is 4. The van der Waals surface area contributed by atoms with Gasteiger partial charge < -0.3 is 10.1 Å². The Bertz CT molecular complexity index is 1450. The Morgan fingerprint density at radius 2 is 1.92 bits per heavy atom. The normalized spacial score (nSPS) is 14.1. The molecule has 11 heteroatoms. The average molecular weight is 563 g/mol. The lowest BCUT2D eigenvalue weighted by Crippen LogP contribution is -2.31. The number of allylic oxidation sites excluding steroid dienone is 4. The number of nitrogens with one attached hydrogen (secondary N) is 1. The molecule has 2 rings (SSSR count). The Morgan fingerprint density at radius 1 is 1.28 bits per heavy atom. The zero-order chi connectivity index (χ0) is 29.7. The molecule has 1 heterocycles. The maximum atomic E-state index is 15.7. The maximum absolute atomic E-state index is 15.7. The van der Waals surface area contributed by atoms with E-state index in [4.69, 9.17) is 16.3 Å². The van der Waals surface area contributed by atoms with Gasteiger partial charge in [0.1, 0.15) is 11.4 Å². The van der Waals surface area contributed by atoms with Gasteiger partial charge in [-0.3, -0.25) is 14.2 Å². The predicted octanol–water partition coefficient (Wildman–Crippen LogP) is 6.38. The van der Waals surface area contributed by atoms with E-state index in [9.17, 15) is 23.6 Å². The Labute approximate surface area is 230 Å². The minimum Gasteiger partial charge on any atom is -0.449 e. The molecule has 7 nitrogen and oxygen atoms in total. The monoisotopic (exact) mass is 562 g/mol. The van der Waals surface area contributed by atoms with Gasteiger partial charge in [0.2, 0.25) is 11.7 Å². The number of benzene rings is 1. The van der Waals surface area contributed by atoms with Crippen LogP contribution in [0.2, 0.25) is 5.02 Å². The van der Waals surface area contributed by atoms with Gasteiger partial charge in [-0.1, -0.05) is 30.7 Å². The lowest BCUT2D eigenvalue weighted by atomic mass is 9.95. The molecule has 0 saturated carbocycles. The number of nitriles is 1. The van der Waals surface area contributed by atoms with Crippen LogP contribution in [0.3, 0.4) is 0 Å². The summed E-state index contributed by atoms with van der Waals surface area (Å²) in [5, 5.41) is 11.8. The topological polar surface area (TPSA) is 97.0 Å². The van der Waals surface area contributed by atoms with Crippen molar-refractivity contribution < 1.29 is 22.7 Å². The molecule has 1 unspecified atom stereocenters. The van der Waals surface area contributed by atoms with Crippen LogP contribution in [0, 0.1) is 11.3 Å². The highest BCUT2D eigenvalue weighted by molar-refractivity contribution is 6.30. The van der Waals surface area contributed by atoms with Crippen LogP contribution in [0.15, 0.2) is 64.3 Å². The minimum atomic E-state index is -3.26. The van der Waals surface area contributed by atoms with E-state index in [0.717, 1.165) is 23.9 Å². The van der Waals surface area contributed by atoms with Gasteiger partial charge >= 0.3 is 0 Å². The van der Waals surface area contributed by atoms with Crippen LogP contribution in [0.5, 0.6) is 11.5 Å². The van der Waals surface area contributed by atoms with Gasteiger partial charge in [-0.2, -0.15) is 5.26 Å². The second kappa shape index (κ2) is 12.3. The largest absolute Gasteiger partial charge is 0.449 e. The molecule has 1 amide bonds. The SMILES string of the molecule is C=C(C)C(C)(F)c1ncn(CC(=CC(=C(C)CC)C(C)(F)F)C(=O)NC)c(=O)c1Oc1cc(Cl)cc(C#N)c1. The third-order valence-corrected chi connectivity index (χ3v) is 6.32. The van der Waals surface area contributed by atoms with E-state index in [2.05, 4.69) is 16.9 Å². The highest BCUT2D eigenvalue weighted by Gasteiger charge is 2.35. The van der Waals surface area contributed by atoms with Gasteiger partial charge in [-0.15, -0.1) is 0 Å². The standard InChI is InChI=1S/C28H30ClF3N4O3/c1-8-17(4)22(28(6,31)32)11-19(25(37)34-7)14-36-15-35-24(27(5,30)16(2)3)23(26(36)38)39-21-10-18(13-33)9-20(29)12-21/h9-12,15H,2,8,14H2,1,3-7H3,(H,34,37). The second-order valence-corrected chi connectivity index (χ2v) is 9.65. The number of ether oxygens (including phenoxy) is 1. The van der Waals surface area contributed by atoms with Crippen LogP contribution in [-0.4, -0.2) is 28.4 Å². The van der Waals surface area contributed by atoms with Gasteiger partial charge in [-0.05, 0) is 57.0 Å². The van der Waals surface area contributed by atoms with Crippen molar-refractivity contribution in [3.05, 3.63) is 86.1 Å². The first-order valence-corrected chi connectivity index (χ1v) is 12.3. The zero-order valence-electron chi connectivity index (χ0n) is 22.6. The predicted molar refractivity (Wildman–Crippen MR) is 144 cm³/mol. The first-order chi connectivity index (χ1) is 18.1. The molecular weight excluding hydrogens is 533 g/mol. The van der Waals surface area contributed by atoms with Crippen molar-refractivity contribution in [1.82, 2.24) is 14.9 Å². The molecule has 0 aliphatic carbocycles. The number of hydrogen-bond acceptors (Lipinski definition) is 5. The molecule has 1 N–H and O–H groups in total. The quantitative estimate of drug-likeness (QED) is 0.206. The summed E-state index contributed by atoms with van der Waals surface area (Å²) in [5.74, 6) is -4.55. The summed E-state index contributed by atoms with van der Waals surface area (Å²) in [6, 6.07) is 5.90. The van der Waals surface area contributed by atoms with E-state index in [1.165, 1.54) is 39.1 Å². The highest BCUT2D eigenvalue weighted by atomic mass is 35.5. The molecule has 0 bridgehead atoms. The molecule has 1 aromatic carbocycles. The molecule has 0 spiro atoms. The van der Waals surface area contributed by atoms with Crippen LogP contribution < -0.4 is 15.6 Å². The Balaban J connectivity index is 2.79.